The molecule has 0 aliphatic heterocycles. The molecule has 2 rings (SSSR count). The maximum atomic E-state index is 12.9. The fourth-order valence-corrected chi connectivity index (χ4v) is 1.90. The lowest BCUT2D eigenvalue weighted by molar-refractivity contribution is 0.249. The third-order valence-corrected chi connectivity index (χ3v) is 3.05. The molecule has 2 aromatic rings. The number of halogens is 1. The van der Waals surface area contributed by atoms with E-state index in [1.165, 1.54) is 12.1 Å². The van der Waals surface area contributed by atoms with Gasteiger partial charge in [0.15, 0.2) is 0 Å². The molecule has 21 heavy (non-hydrogen) atoms. The zero-order chi connectivity index (χ0) is 15.2. The minimum atomic E-state index is -0.333. The van der Waals surface area contributed by atoms with Gasteiger partial charge in [-0.1, -0.05) is 18.2 Å². The first-order valence-electron chi connectivity index (χ1n) is 6.55. The van der Waals surface area contributed by atoms with Crippen LogP contribution in [0, 0.1) is 5.82 Å². The van der Waals surface area contributed by atoms with Gasteiger partial charge in [-0.05, 0) is 36.8 Å². The topological polar surface area (TPSA) is 50.4 Å². The van der Waals surface area contributed by atoms with Crippen LogP contribution in [0.15, 0.2) is 48.5 Å². The molecule has 4 nitrogen and oxygen atoms in total. The Balaban J connectivity index is 1.96. The van der Waals surface area contributed by atoms with Crippen LogP contribution in [0.1, 0.15) is 18.5 Å². The highest BCUT2D eigenvalue weighted by molar-refractivity contribution is 5.89. The molecule has 1 atom stereocenters. The normalized spacial score (nSPS) is 11.6. The van der Waals surface area contributed by atoms with Crippen LogP contribution >= 0.6 is 0 Å². The summed E-state index contributed by atoms with van der Waals surface area (Å²) in [6.07, 6.45) is 0. The molecule has 0 heterocycles. The van der Waals surface area contributed by atoms with Gasteiger partial charge in [0, 0.05) is 11.8 Å². The summed E-state index contributed by atoms with van der Waals surface area (Å²) >= 11 is 0. The SMILES string of the molecule is COc1cccc(NC(=O)NC(C)c2ccc(F)cc2)c1. The zero-order valence-electron chi connectivity index (χ0n) is 11.9. The first-order valence-corrected chi connectivity index (χ1v) is 6.55. The molecule has 2 aromatic carbocycles. The third kappa shape index (κ3) is 4.21. The highest BCUT2D eigenvalue weighted by Gasteiger charge is 2.09. The molecule has 0 aromatic heterocycles. The van der Waals surface area contributed by atoms with E-state index in [-0.39, 0.29) is 17.9 Å². The molecule has 0 spiro atoms. The van der Waals surface area contributed by atoms with Crippen LogP contribution in [0.4, 0.5) is 14.9 Å². The van der Waals surface area contributed by atoms with Crippen LogP contribution in [-0.4, -0.2) is 13.1 Å². The van der Waals surface area contributed by atoms with Crippen LogP contribution in [0.3, 0.4) is 0 Å². The minimum absolute atomic E-state index is 0.226. The number of hydrogen-bond donors (Lipinski definition) is 2. The van der Waals surface area contributed by atoms with Crippen LogP contribution < -0.4 is 15.4 Å². The lowest BCUT2D eigenvalue weighted by atomic mass is 10.1. The monoisotopic (exact) mass is 288 g/mol. The molecule has 0 saturated heterocycles. The Labute approximate surface area is 122 Å². The summed E-state index contributed by atoms with van der Waals surface area (Å²) in [6, 6.07) is 12.5. The fourth-order valence-electron chi connectivity index (χ4n) is 1.90. The number of anilines is 1. The van der Waals surface area contributed by atoms with E-state index in [9.17, 15) is 9.18 Å². The number of carbonyl (C=O) groups is 1. The van der Waals surface area contributed by atoms with Crippen molar-refractivity contribution in [3.05, 3.63) is 59.9 Å². The van der Waals surface area contributed by atoms with E-state index in [2.05, 4.69) is 10.6 Å². The Bertz CT molecular complexity index is 614. The van der Waals surface area contributed by atoms with E-state index >= 15 is 0 Å². The number of nitrogens with one attached hydrogen (secondary N) is 2. The molecule has 110 valence electrons. The van der Waals surface area contributed by atoms with E-state index in [0.717, 1.165) is 5.56 Å². The van der Waals surface area contributed by atoms with Gasteiger partial charge < -0.3 is 15.4 Å². The van der Waals surface area contributed by atoms with Gasteiger partial charge in [-0.2, -0.15) is 0 Å². The molecule has 0 radical (unpaired) electrons. The summed E-state index contributed by atoms with van der Waals surface area (Å²) < 4.78 is 18.0. The van der Waals surface area contributed by atoms with Crippen molar-refractivity contribution in [3.63, 3.8) is 0 Å². The third-order valence-electron chi connectivity index (χ3n) is 3.05. The summed E-state index contributed by atoms with van der Waals surface area (Å²) in [5.74, 6) is 0.367. The van der Waals surface area contributed by atoms with Crippen molar-refractivity contribution in [2.75, 3.05) is 12.4 Å². The van der Waals surface area contributed by atoms with E-state index in [0.29, 0.717) is 11.4 Å². The van der Waals surface area contributed by atoms with Crippen molar-refractivity contribution in [3.8, 4) is 5.75 Å². The van der Waals surface area contributed by atoms with Crippen LogP contribution in [-0.2, 0) is 0 Å². The van der Waals surface area contributed by atoms with E-state index < -0.39 is 0 Å². The second kappa shape index (κ2) is 6.74. The molecular formula is C16H17FN2O2. The van der Waals surface area contributed by atoms with E-state index in [1.807, 2.05) is 6.92 Å². The van der Waals surface area contributed by atoms with Crippen molar-refractivity contribution < 1.29 is 13.9 Å². The molecule has 1 unspecified atom stereocenters. The van der Waals surface area contributed by atoms with Crippen LogP contribution in [0.2, 0.25) is 0 Å². The summed E-state index contributed by atoms with van der Waals surface area (Å²) in [4.78, 5) is 11.9. The average Bonchev–Trinajstić information content (AvgIpc) is 2.47. The zero-order valence-corrected chi connectivity index (χ0v) is 11.9. The molecule has 0 aliphatic carbocycles. The first-order chi connectivity index (χ1) is 10.1. The maximum Gasteiger partial charge on any atom is 0.319 e. The number of carbonyl (C=O) groups excluding carboxylic acids is 1. The van der Waals surface area contributed by atoms with Gasteiger partial charge in [0.25, 0.3) is 0 Å². The molecule has 0 aliphatic rings. The maximum absolute atomic E-state index is 12.9. The Hall–Kier alpha value is -2.56. The van der Waals surface area contributed by atoms with E-state index in [4.69, 9.17) is 4.74 Å². The number of rotatable bonds is 4. The largest absolute Gasteiger partial charge is 0.497 e. The minimum Gasteiger partial charge on any atom is -0.497 e. The molecule has 0 saturated carbocycles. The fraction of sp³-hybridized carbons (Fsp3) is 0.188. The summed E-state index contributed by atoms with van der Waals surface area (Å²) in [5.41, 5.74) is 1.47. The Morgan fingerprint density at radius 1 is 1.19 bits per heavy atom. The number of methoxy groups -OCH3 is 1. The lowest BCUT2D eigenvalue weighted by Gasteiger charge is -2.15. The number of benzene rings is 2. The van der Waals surface area contributed by atoms with Gasteiger partial charge in [-0.15, -0.1) is 0 Å². The van der Waals surface area contributed by atoms with Crippen molar-refractivity contribution in [1.82, 2.24) is 5.32 Å². The van der Waals surface area contributed by atoms with Crippen LogP contribution in [0.25, 0.3) is 0 Å². The smallest absolute Gasteiger partial charge is 0.319 e. The number of ether oxygens (including phenoxy) is 1. The second-order valence-corrected chi connectivity index (χ2v) is 4.60. The van der Waals surface area contributed by atoms with Crippen molar-refractivity contribution in [1.29, 1.82) is 0 Å². The van der Waals surface area contributed by atoms with Gasteiger partial charge >= 0.3 is 6.03 Å². The Morgan fingerprint density at radius 2 is 1.90 bits per heavy atom. The number of amides is 2. The van der Waals surface area contributed by atoms with Crippen molar-refractivity contribution in [2.45, 2.75) is 13.0 Å². The van der Waals surface area contributed by atoms with Gasteiger partial charge in [0.2, 0.25) is 0 Å². The van der Waals surface area contributed by atoms with Crippen molar-refractivity contribution in [2.24, 2.45) is 0 Å². The number of hydrogen-bond acceptors (Lipinski definition) is 2. The quantitative estimate of drug-likeness (QED) is 0.901. The van der Waals surface area contributed by atoms with Gasteiger partial charge in [0.05, 0.1) is 13.2 Å². The summed E-state index contributed by atoms with van der Waals surface area (Å²) in [5, 5.41) is 5.51. The average molecular weight is 288 g/mol. The predicted octanol–water partition coefficient (Wildman–Crippen LogP) is 3.72. The predicted molar refractivity (Wildman–Crippen MR) is 80.0 cm³/mol. The van der Waals surface area contributed by atoms with Crippen LogP contribution in [0.5, 0.6) is 5.75 Å². The van der Waals surface area contributed by atoms with Gasteiger partial charge in [-0.25, -0.2) is 9.18 Å². The molecule has 2 N–H and O–H groups in total. The Morgan fingerprint density at radius 3 is 2.57 bits per heavy atom. The molecule has 5 heteroatoms. The summed E-state index contributed by atoms with van der Waals surface area (Å²) in [6.45, 7) is 1.83. The molecule has 0 bridgehead atoms. The highest BCUT2D eigenvalue weighted by Crippen LogP contribution is 2.17. The second-order valence-electron chi connectivity index (χ2n) is 4.60. The van der Waals surface area contributed by atoms with Crippen molar-refractivity contribution >= 4 is 11.7 Å². The molecular weight excluding hydrogens is 271 g/mol. The van der Waals surface area contributed by atoms with E-state index in [1.54, 1.807) is 43.5 Å². The first kappa shape index (κ1) is 14.8. The number of urea groups is 1. The molecule has 0 fully saturated rings. The Kier molecular flexibility index (Phi) is 4.77. The molecule has 2 amide bonds. The van der Waals surface area contributed by atoms with Gasteiger partial charge in [0.1, 0.15) is 11.6 Å². The summed E-state index contributed by atoms with van der Waals surface area (Å²) in [7, 11) is 1.57. The lowest BCUT2D eigenvalue weighted by Crippen LogP contribution is -2.31. The van der Waals surface area contributed by atoms with Gasteiger partial charge in [-0.3, -0.25) is 0 Å². The standard InChI is InChI=1S/C16H17FN2O2/c1-11(12-6-8-13(17)9-7-12)18-16(20)19-14-4-3-5-15(10-14)21-2/h3-11H,1-2H3,(H2,18,19,20). The highest BCUT2D eigenvalue weighted by atomic mass is 19.1.